The standard InChI is InChI=1S/C22H30N2O4/c1-5-7-8-9-20-16(3)23-24(17(20)4)21(25)15-28-19-12-10-18(11-13-19)22(26)27-14-6-2/h10-13H,5-9,14-15H2,1-4H3. The molecule has 1 heterocycles. The van der Waals surface area contributed by atoms with Crippen LogP contribution in [0.2, 0.25) is 0 Å². The number of aryl methyl sites for hydroxylation is 1. The van der Waals surface area contributed by atoms with Crippen LogP contribution < -0.4 is 4.74 Å². The number of hydrogen-bond donors (Lipinski definition) is 0. The molecule has 1 aromatic carbocycles. The molecule has 28 heavy (non-hydrogen) atoms. The van der Waals surface area contributed by atoms with Crippen LogP contribution >= 0.6 is 0 Å². The van der Waals surface area contributed by atoms with Gasteiger partial charge in [0.25, 0.3) is 5.91 Å². The zero-order chi connectivity index (χ0) is 20.5. The van der Waals surface area contributed by atoms with Crippen LogP contribution in [0.3, 0.4) is 0 Å². The van der Waals surface area contributed by atoms with E-state index in [1.807, 2.05) is 20.8 Å². The molecule has 0 bridgehead atoms. The number of aromatic nitrogens is 2. The largest absolute Gasteiger partial charge is 0.484 e. The second-order valence-electron chi connectivity index (χ2n) is 6.86. The van der Waals surface area contributed by atoms with Crippen molar-refractivity contribution in [3.63, 3.8) is 0 Å². The molecule has 152 valence electrons. The van der Waals surface area contributed by atoms with Crippen molar-refractivity contribution in [2.75, 3.05) is 13.2 Å². The van der Waals surface area contributed by atoms with Gasteiger partial charge < -0.3 is 9.47 Å². The van der Waals surface area contributed by atoms with Crippen molar-refractivity contribution < 1.29 is 19.1 Å². The van der Waals surface area contributed by atoms with Crippen LogP contribution in [0.25, 0.3) is 0 Å². The Morgan fingerprint density at radius 1 is 1.04 bits per heavy atom. The summed E-state index contributed by atoms with van der Waals surface area (Å²) in [6, 6.07) is 6.58. The fourth-order valence-corrected chi connectivity index (χ4v) is 3.00. The van der Waals surface area contributed by atoms with Crippen LogP contribution in [0, 0.1) is 13.8 Å². The van der Waals surface area contributed by atoms with Gasteiger partial charge >= 0.3 is 5.97 Å². The normalized spacial score (nSPS) is 10.7. The van der Waals surface area contributed by atoms with Gasteiger partial charge in [0.1, 0.15) is 5.75 Å². The molecule has 0 fully saturated rings. The van der Waals surface area contributed by atoms with Gasteiger partial charge in [-0.05, 0) is 62.9 Å². The van der Waals surface area contributed by atoms with Gasteiger partial charge in [0.2, 0.25) is 0 Å². The minimum atomic E-state index is -0.359. The topological polar surface area (TPSA) is 70.4 Å². The quantitative estimate of drug-likeness (QED) is 0.443. The van der Waals surface area contributed by atoms with Gasteiger partial charge in [0, 0.05) is 5.69 Å². The molecular formula is C22H30N2O4. The summed E-state index contributed by atoms with van der Waals surface area (Å²) in [4.78, 5) is 24.3. The molecule has 0 saturated carbocycles. The van der Waals surface area contributed by atoms with Crippen molar-refractivity contribution in [3.05, 3.63) is 46.8 Å². The maximum Gasteiger partial charge on any atom is 0.338 e. The second-order valence-corrected chi connectivity index (χ2v) is 6.86. The smallest absolute Gasteiger partial charge is 0.338 e. The maximum atomic E-state index is 12.5. The summed E-state index contributed by atoms with van der Waals surface area (Å²) in [5, 5.41) is 4.39. The predicted molar refractivity (Wildman–Crippen MR) is 108 cm³/mol. The lowest BCUT2D eigenvalue weighted by Gasteiger charge is -2.08. The molecule has 0 spiro atoms. The average Bonchev–Trinajstić information content (AvgIpc) is 2.99. The highest BCUT2D eigenvalue weighted by molar-refractivity contribution is 5.89. The average molecular weight is 386 g/mol. The molecule has 0 saturated heterocycles. The van der Waals surface area contributed by atoms with Gasteiger partial charge in [-0.3, -0.25) is 4.79 Å². The number of carbonyl (C=O) groups excluding carboxylic acids is 2. The van der Waals surface area contributed by atoms with Gasteiger partial charge in [0.15, 0.2) is 6.61 Å². The van der Waals surface area contributed by atoms with Crippen LogP contribution in [0.1, 0.15) is 71.6 Å². The molecule has 0 N–H and O–H groups in total. The molecule has 2 rings (SSSR count). The molecule has 1 aromatic heterocycles. The van der Waals surface area contributed by atoms with Gasteiger partial charge in [-0.25, -0.2) is 9.48 Å². The fourth-order valence-electron chi connectivity index (χ4n) is 3.00. The summed E-state index contributed by atoms with van der Waals surface area (Å²) in [5.74, 6) is -0.0541. The van der Waals surface area contributed by atoms with Crippen molar-refractivity contribution in [1.29, 1.82) is 0 Å². The first-order valence-corrected chi connectivity index (χ1v) is 9.96. The van der Waals surface area contributed by atoms with E-state index >= 15 is 0 Å². The van der Waals surface area contributed by atoms with E-state index in [9.17, 15) is 9.59 Å². The van der Waals surface area contributed by atoms with E-state index < -0.39 is 0 Å². The Bertz CT molecular complexity index is 794. The van der Waals surface area contributed by atoms with Crippen LogP contribution in [0.5, 0.6) is 5.75 Å². The summed E-state index contributed by atoms with van der Waals surface area (Å²) in [6.07, 6.45) is 5.15. The molecule has 0 aliphatic rings. The highest BCUT2D eigenvalue weighted by atomic mass is 16.5. The van der Waals surface area contributed by atoms with E-state index in [1.165, 1.54) is 11.1 Å². The van der Waals surface area contributed by atoms with E-state index in [4.69, 9.17) is 9.47 Å². The Labute approximate surface area is 166 Å². The number of carbonyl (C=O) groups is 2. The third-order valence-corrected chi connectivity index (χ3v) is 4.60. The van der Waals surface area contributed by atoms with E-state index in [0.29, 0.717) is 17.9 Å². The molecule has 0 unspecified atom stereocenters. The molecule has 0 aliphatic carbocycles. The third kappa shape index (κ3) is 5.68. The minimum absolute atomic E-state index is 0.115. The Morgan fingerprint density at radius 3 is 2.39 bits per heavy atom. The molecule has 0 amide bonds. The Morgan fingerprint density at radius 2 is 1.75 bits per heavy atom. The SMILES string of the molecule is CCCCCc1c(C)nn(C(=O)COc2ccc(C(=O)OCCC)cc2)c1C. The number of unbranched alkanes of at least 4 members (excludes halogenated alkanes) is 2. The van der Waals surface area contributed by atoms with Crippen molar-refractivity contribution in [3.8, 4) is 5.75 Å². The summed E-state index contributed by atoms with van der Waals surface area (Å²) in [6.45, 7) is 8.26. The van der Waals surface area contributed by atoms with Gasteiger partial charge in [-0.1, -0.05) is 26.7 Å². The second kappa shape index (κ2) is 10.6. The van der Waals surface area contributed by atoms with Crippen LogP contribution in [0.4, 0.5) is 0 Å². The highest BCUT2D eigenvalue weighted by Crippen LogP contribution is 2.17. The Kier molecular flexibility index (Phi) is 8.23. The molecular weight excluding hydrogens is 356 g/mol. The molecule has 0 atom stereocenters. The van der Waals surface area contributed by atoms with E-state index in [1.54, 1.807) is 24.3 Å². The number of hydrogen-bond acceptors (Lipinski definition) is 5. The van der Waals surface area contributed by atoms with Crippen molar-refractivity contribution in [2.24, 2.45) is 0 Å². The predicted octanol–water partition coefficient (Wildman–Crippen LogP) is 4.52. The first-order chi connectivity index (χ1) is 13.5. The maximum absolute atomic E-state index is 12.5. The van der Waals surface area contributed by atoms with Crippen LogP contribution in [-0.4, -0.2) is 34.9 Å². The monoisotopic (exact) mass is 386 g/mol. The highest BCUT2D eigenvalue weighted by Gasteiger charge is 2.17. The zero-order valence-electron chi connectivity index (χ0n) is 17.3. The molecule has 6 nitrogen and oxygen atoms in total. The Balaban J connectivity index is 1.95. The lowest BCUT2D eigenvalue weighted by atomic mass is 10.1. The summed E-state index contributed by atoms with van der Waals surface area (Å²) in [5.41, 5.74) is 3.40. The summed E-state index contributed by atoms with van der Waals surface area (Å²) >= 11 is 0. The molecule has 2 aromatic rings. The first-order valence-electron chi connectivity index (χ1n) is 9.96. The van der Waals surface area contributed by atoms with Crippen molar-refractivity contribution in [1.82, 2.24) is 9.78 Å². The summed E-state index contributed by atoms with van der Waals surface area (Å²) < 4.78 is 12.1. The number of benzene rings is 1. The fraction of sp³-hybridized carbons (Fsp3) is 0.500. The summed E-state index contributed by atoms with van der Waals surface area (Å²) in [7, 11) is 0. The van der Waals surface area contributed by atoms with E-state index in [-0.39, 0.29) is 18.5 Å². The third-order valence-electron chi connectivity index (χ3n) is 4.60. The van der Waals surface area contributed by atoms with Gasteiger partial charge in [0.05, 0.1) is 17.9 Å². The van der Waals surface area contributed by atoms with E-state index in [2.05, 4.69) is 12.0 Å². The van der Waals surface area contributed by atoms with Crippen molar-refractivity contribution in [2.45, 2.75) is 59.8 Å². The van der Waals surface area contributed by atoms with Crippen LogP contribution in [0.15, 0.2) is 24.3 Å². The lowest BCUT2D eigenvalue weighted by molar-refractivity contribution is 0.0504. The van der Waals surface area contributed by atoms with E-state index in [0.717, 1.165) is 42.6 Å². The number of rotatable bonds is 10. The van der Waals surface area contributed by atoms with Crippen molar-refractivity contribution >= 4 is 11.9 Å². The first kappa shape index (κ1) is 21.7. The molecule has 0 aliphatic heterocycles. The number of nitrogens with zero attached hydrogens (tertiary/aromatic N) is 2. The number of esters is 1. The minimum Gasteiger partial charge on any atom is -0.484 e. The van der Waals surface area contributed by atoms with Crippen LogP contribution in [-0.2, 0) is 11.2 Å². The van der Waals surface area contributed by atoms with Gasteiger partial charge in [-0.15, -0.1) is 0 Å². The number of ether oxygens (including phenoxy) is 2. The lowest BCUT2D eigenvalue weighted by Crippen LogP contribution is -2.21. The molecule has 6 heteroatoms. The Hall–Kier alpha value is -2.63. The van der Waals surface area contributed by atoms with Gasteiger partial charge in [-0.2, -0.15) is 5.10 Å². The molecule has 0 radical (unpaired) electrons. The zero-order valence-corrected chi connectivity index (χ0v) is 17.3.